The molecule has 4 aromatic heterocycles. The summed E-state index contributed by atoms with van der Waals surface area (Å²) in [4.78, 5) is 22.6. The number of aryl methyl sites for hydroxylation is 2. The molecular formula is C23H22N4O2S. The Balaban J connectivity index is 1.74. The number of nitrogens with one attached hydrogen (secondary N) is 2. The van der Waals surface area contributed by atoms with Crippen LogP contribution in [0, 0.1) is 6.92 Å². The smallest absolute Gasteiger partial charge is 0.291 e. The van der Waals surface area contributed by atoms with Gasteiger partial charge in [0.05, 0.1) is 12.3 Å². The standard InChI is InChI=1S/C23H22N4O2S/c1-3-17-13-18(23(30-17)27-22(28)19-7-5-11-29-19)21(16-6-4-9-24-14-16)26-20-12-15(2)8-10-25-20/h4-14,21H,3H2,1-2H3,(H,25,26)(H,27,28)/t21-/m1/s1. The van der Waals surface area contributed by atoms with Crippen LogP contribution in [0.2, 0.25) is 0 Å². The van der Waals surface area contributed by atoms with Gasteiger partial charge in [-0.1, -0.05) is 13.0 Å². The molecule has 1 atom stereocenters. The molecule has 0 saturated heterocycles. The first-order valence-corrected chi connectivity index (χ1v) is 10.5. The number of amides is 1. The second kappa shape index (κ2) is 8.92. The zero-order chi connectivity index (χ0) is 20.9. The Hall–Kier alpha value is -3.45. The highest BCUT2D eigenvalue weighted by Gasteiger charge is 2.23. The van der Waals surface area contributed by atoms with Crippen molar-refractivity contribution in [3.05, 3.63) is 94.6 Å². The summed E-state index contributed by atoms with van der Waals surface area (Å²) in [5.74, 6) is 0.763. The van der Waals surface area contributed by atoms with Gasteiger partial charge in [-0.2, -0.15) is 0 Å². The van der Waals surface area contributed by atoms with Gasteiger partial charge >= 0.3 is 0 Å². The molecule has 0 aliphatic carbocycles. The molecule has 0 spiro atoms. The van der Waals surface area contributed by atoms with Crippen molar-refractivity contribution in [3.63, 3.8) is 0 Å². The molecule has 0 aromatic carbocycles. The van der Waals surface area contributed by atoms with Crippen LogP contribution < -0.4 is 10.6 Å². The van der Waals surface area contributed by atoms with Gasteiger partial charge in [-0.25, -0.2) is 4.98 Å². The third-order valence-corrected chi connectivity index (χ3v) is 5.88. The number of pyridine rings is 2. The van der Waals surface area contributed by atoms with E-state index in [9.17, 15) is 4.79 Å². The summed E-state index contributed by atoms with van der Waals surface area (Å²) in [6, 6.07) is 13.1. The fourth-order valence-corrected chi connectivity index (χ4v) is 4.20. The lowest BCUT2D eigenvalue weighted by molar-refractivity contribution is 0.0997. The van der Waals surface area contributed by atoms with Crippen LogP contribution in [0.3, 0.4) is 0 Å². The van der Waals surface area contributed by atoms with E-state index in [0.717, 1.165) is 33.9 Å². The average molecular weight is 419 g/mol. The van der Waals surface area contributed by atoms with Gasteiger partial charge in [0.2, 0.25) is 0 Å². The molecule has 30 heavy (non-hydrogen) atoms. The second-order valence-electron chi connectivity index (χ2n) is 6.86. The van der Waals surface area contributed by atoms with Gasteiger partial charge in [-0.05, 0) is 60.9 Å². The molecule has 152 valence electrons. The molecule has 0 aliphatic rings. The summed E-state index contributed by atoms with van der Waals surface area (Å²) in [5.41, 5.74) is 3.06. The SMILES string of the molecule is CCc1cc([C@H](Nc2cc(C)ccn2)c2cccnc2)c(NC(=O)c2ccco2)s1. The van der Waals surface area contributed by atoms with Gasteiger partial charge < -0.3 is 15.1 Å². The van der Waals surface area contributed by atoms with Crippen molar-refractivity contribution in [3.8, 4) is 0 Å². The van der Waals surface area contributed by atoms with Crippen LogP contribution in [0.15, 0.2) is 71.7 Å². The zero-order valence-electron chi connectivity index (χ0n) is 16.8. The van der Waals surface area contributed by atoms with E-state index in [2.05, 4.69) is 33.6 Å². The van der Waals surface area contributed by atoms with E-state index in [1.165, 1.54) is 11.1 Å². The van der Waals surface area contributed by atoms with E-state index in [1.54, 1.807) is 35.9 Å². The number of furan rings is 1. The lowest BCUT2D eigenvalue weighted by Gasteiger charge is -2.21. The topological polar surface area (TPSA) is 80.0 Å². The summed E-state index contributed by atoms with van der Waals surface area (Å²) in [6.45, 7) is 4.13. The van der Waals surface area contributed by atoms with Gasteiger partial charge in [0, 0.05) is 29.0 Å². The Morgan fingerprint density at radius 3 is 2.80 bits per heavy atom. The molecule has 0 aliphatic heterocycles. The number of hydrogen-bond acceptors (Lipinski definition) is 6. The van der Waals surface area contributed by atoms with Gasteiger partial charge in [0.25, 0.3) is 5.91 Å². The molecule has 4 heterocycles. The summed E-state index contributed by atoms with van der Waals surface area (Å²) in [7, 11) is 0. The van der Waals surface area contributed by atoms with E-state index in [1.807, 2.05) is 37.4 Å². The maximum atomic E-state index is 12.6. The quantitative estimate of drug-likeness (QED) is 0.417. The molecule has 7 heteroatoms. The number of hydrogen-bond donors (Lipinski definition) is 2. The van der Waals surface area contributed by atoms with E-state index in [0.29, 0.717) is 0 Å². The van der Waals surface area contributed by atoms with Crippen LogP contribution in [0.5, 0.6) is 0 Å². The third kappa shape index (κ3) is 4.41. The first-order chi connectivity index (χ1) is 14.6. The number of carbonyl (C=O) groups is 1. The molecule has 0 bridgehead atoms. The molecule has 0 radical (unpaired) electrons. The normalized spacial score (nSPS) is 11.8. The predicted octanol–water partition coefficient (Wildman–Crippen LogP) is 5.46. The fraction of sp³-hybridized carbons (Fsp3) is 0.174. The van der Waals surface area contributed by atoms with Crippen LogP contribution >= 0.6 is 11.3 Å². The van der Waals surface area contributed by atoms with Gasteiger partial charge in [-0.3, -0.25) is 9.78 Å². The van der Waals surface area contributed by atoms with Gasteiger partial charge in [0.1, 0.15) is 10.8 Å². The Kier molecular flexibility index (Phi) is 5.90. The first-order valence-electron chi connectivity index (χ1n) is 9.70. The van der Waals surface area contributed by atoms with Crippen molar-refractivity contribution in [2.45, 2.75) is 26.3 Å². The molecular weight excluding hydrogens is 396 g/mol. The van der Waals surface area contributed by atoms with Crippen LogP contribution in [-0.4, -0.2) is 15.9 Å². The minimum absolute atomic E-state index is 0.226. The average Bonchev–Trinajstić information content (AvgIpc) is 3.43. The monoisotopic (exact) mass is 418 g/mol. The summed E-state index contributed by atoms with van der Waals surface area (Å²) in [5, 5.41) is 7.32. The molecule has 1 amide bonds. The lowest BCUT2D eigenvalue weighted by atomic mass is 10.0. The number of nitrogens with zero attached hydrogens (tertiary/aromatic N) is 2. The minimum atomic E-state index is -0.274. The number of carbonyl (C=O) groups excluding carboxylic acids is 1. The fourth-order valence-electron chi connectivity index (χ4n) is 3.17. The highest BCUT2D eigenvalue weighted by Crippen LogP contribution is 2.38. The summed E-state index contributed by atoms with van der Waals surface area (Å²) >= 11 is 1.57. The highest BCUT2D eigenvalue weighted by molar-refractivity contribution is 7.16. The highest BCUT2D eigenvalue weighted by atomic mass is 32.1. The maximum Gasteiger partial charge on any atom is 0.291 e. The number of anilines is 2. The van der Waals surface area contributed by atoms with Gasteiger partial charge in [-0.15, -0.1) is 11.3 Å². The Bertz CT molecular complexity index is 1120. The van der Waals surface area contributed by atoms with Gasteiger partial charge in [0.15, 0.2) is 5.76 Å². The van der Waals surface area contributed by atoms with E-state index in [4.69, 9.17) is 4.42 Å². The number of thiophene rings is 1. The number of rotatable bonds is 7. The van der Waals surface area contributed by atoms with Crippen molar-refractivity contribution in [1.29, 1.82) is 0 Å². The Morgan fingerprint density at radius 1 is 1.20 bits per heavy atom. The third-order valence-electron chi connectivity index (χ3n) is 4.67. The first kappa shape index (κ1) is 19.8. The molecule has 4 rings (SSSR count). The predicted molar refractivity (Wildman–Crippen MR) is 119 cm³/mol. The van der Waals surface area contributed by atoms with Crippen molar-refractivity contribution < 1.29 is 9.21 Å². The maximum absolute atomic E-state index is 12.6. The molecule has 6 nitrogen and oxygen atoms in total. The van der Waals surface area contributed by atoms with Crippen LogP contribution in [0.1, 0.15) is 45.1 Å². The van der Waals surface area contributed by atoms with Crippen molar-refractivity contribution >= 4 is 28.1 Å². The molecule has 0 saturated carbocycles. The summed E-state index contributed by atoms with van der Waals surface area (Å²) < 4.78 is 5.25. The van der Waals surface area contributed by atoms with E-state index >= 15 is 0 Å². The molecule has 0 fully saturated rings. The Morgan fingerprint density at radius 2 is 2.10 bits per heavy atom. The second-order valence-corrected chi connectivity index (χ2v) is 8.00. The van der Waals surface area contributed by atoms with Crippen molar-refractivity contribution in [1.82, 2.24) is 9.97 Å². The lowest BCUT2D eigenvalue weighted by Crippen LogP contribution is -2.17. The molecule has 0 unspecified atom stereocenters. The van der Waals surface area contributed by atoms with Crippen LogP contribution in [-0.2, 0) is 6.42 Å². The van der Waals surface area contributed by atoms with E-state index < -0.39 is 0 Å². The van der Waals surface area contributed by atoms with Crippen LogP contribution in [0.25, 0.3) is 0 Å². The molecule has 4 aromatic rings. The summed E-state index contributed by atoms with van der Waals surface area (Å²) in [6.07, 6.45) is 7.72. The largest absolute Gasteiger partial charge is 0.459 e. The zero-order valence-corrected chi connectivity index (χ0v) is 17.6. The Labute approximate surface area is 179 Å². The number of aromatic nitrogens is 2. The van der Waals surface area contributed by atoms with Crippen LogP contribution in [0.4, 0.5) is 10.8 Å². The van der Waals surface area contributed by atoms with Crippen molar-refractivity contribution in [2.24, 2.45) is 0 Å². The van der Waals surface area contributed by atoms with E-state index in [-0.39, 0.29) is 17.7 Å². The minimum Gasteiger partial charge on any atom is -0.459 e. The van der Waals surface area contributed by atoms with Crippen molar-refractivity contribution in [2.75, 3.05) is 10.6 Å². The molecule has 2 N–H and O–H groups in total.